The van der Waals surface area contributed by atoms with Crippen LogP contribution in [0.25, 0.3) is 0 Å². The summed E-state index contributed by atoms with van der Waals surface area (Å²) in [4.78, 5) is 26.0. The molecule has 0 unspecified atom stereocenters. The second-order valence-corrected chi connectivity index (χ2v) is 5.70. The Morgan fingerprint density at radius 1 is 1.46 bits per heavy atom. The SMILES string of the molecule is CN([C@@H]1CCN(CC(F)(F)F)C1=O)[C@H](C(N)=O)c1cccc(F)c1. The van der Waals surface area contributed by atoms with Crippen molar-refractivity contribution in [3.05, 3.63) is 35.6 Å². The van der Waals surface area contributed by atoms with Gasteiger partial charge in [-0.15, -0.1) is 0 Å². The number of carbonyl (C=O) groups is 2. The number of nitrogens with two attached hydrogens (primary N) is 1. The Labute approximate surface area is 136 Å². The number of hydrogen-bond donors (Lipinski definition) is 1. The Kier molecular flexibility index (Phi) is 5.12. The van der Waals surface area contributed by atoms with Crippen molar-refractivity contribution in [2.45, 2.75) is 24.7 Å². The van der Waals surface area contributed by atoms with Crippen LogP contribution >= 0.6 is 0 Å². The van der Waals surface area contributed by atoms with Crippen molar-refractivity contribution in [3.63, 3.8) is 0 Å². The van der Waals surface area contributed by atoms with Gasteiger partial charge in [-0.05, 0) is 31.2 Å². The molecule has 1 aliphatic rings. The van der Waals surface area contributed by atoms with Gasteiger partial charge in [-0.2, -0.15) is 13.2 Å². The first-order chi connectivity index (χ1) is 11.1. The van der Waals surface area contributed by atoms with E-state index in [1.54, 1.807) is 0 Å². The van der Waals surface area contributed by atoms with Gasteiger partial charge < -0.3 is 10.6 Å². The molecule has 2 rings (SSSR count). The van der Waals surface area contributed by atoms with Crippen LogP contribution in [0.15, 0.2) is 24.3 Å². The zero-order valence-electron chi connectivity index (χ0n) is 12.9. The highest BCUT2D eigenvalue weighted by atomic mass is 19.4. The Morgan fingerprint density at radius 3 is 2.67 bits per heavy atom. The first-order valence-corrected chi connectivity index (χ1v) is 7.22. The number of primary amides is 1. The van der Waals surface area contributed by atoms with Gasteiger partial charge in [-0.1, -0.05) is 12.1 Å². The molecule has 9 heteroatoms. The molecular weight excluding hydrogens is 330 g/mol. The monoisotopic (exact) mass is 347 g/mol. The highest BCUT2D eigenvalue weighted by Gasteiger charge is 2.43. The van der Waals surface area contributed by atoms with Crippen LogP contribution in [0.4, 0.5) is 17.6 Å². The van der Waals surface area contributed by atoms with E-state index in [0.717, 1.165) is 6.07 Å². The van der Waals surface area contributed by atoms with Crippen LogP contribution in [0.2, 0.25) is 0 Å². The van der Waals surface area contributed by atoms with Crippen molar-refractivity contribution in [3.8, 4) is 0 Å². The van der Waals surface area contributed by atoms with Crippen molar-refractivity contribution in [2.24, 2.45) is 5.73 Å². The molecular formula is C15H17F4N3O2. The summed E-state index contributed by atoms with van der Waals surface area (Å²) in [5.41, 5.74) is 5.60. The molecule has 2 amide bonds. The van der Waals surface area contributed by atoms with Crippen molar-refractivity contribution < 1.29 is 27.2 Å². The number of benzene rings is 1. The second kappa shape index (κ2) is 6.76. The van der Waals surface area contributed by atoms with Gasteiger partial charge in [0.15, 0.2) is 0 Å². The topological polar surface area (TPSA) is 66.6 Å². The highest BCUT2D eigenvalue weighted by molar-refractivity contribution is 5.86. The molecule has 0 saturated carbocycles. The standard InChI is InChI=1S/C15H17F4N3O2/c1-21(11-5-6-22(14(11)24)8-15(17,18)19)12(13(20)23)9-3-2-4-10(16)7-9/h2-4,7,11-12H,5-6,8H2,1H3,(H2,20,23)/t11-,12+/m1/s1. The number of hydrogen-bond acceptors (Lipinski definition) is 3. The summed E-state index contributed by atoms with van der Waals surface area (Å²) >= 11 is 0. The largest absolute Gasteiger partial charge is 0.406 e. The molecule has 2 atom stereocenters. The van der Waals surface area contributed by atoms with Crippen LogP contribution in [0.3, 0.4) is 0 Å². The molecule has 0 spiro atoms. The molecule has 0 radical (unpaired) electrons. The number of carbonyl (C=O) groups excluding carboxylic acids is 2. The molecule has 1 aliphatic heterocycles. The molecule has 2 N–H and O–H groups in total. The van der Waals surface area contributed by atoms with E-state index in [4.69, 9.17) is 5.73 Å². The third-order valence-electron chi connectivity index (χ3n) is 3.97. The van der Waals surface area contributed by atoms with E-state index in [1.807, 2.05) is 0 Å². The Balaban J connectivity index is 2.21. The number of rotatable bonds is 5. The lowest BCUT2D eigenvalue weighted by Gasteiger charge is -2.30. The van der Waals surface area contributed by atoms with Crippen molar-refractivity contribution in [2.75, 3.05) is 20.1 Å². The molecule has 132 valence electrons. The van der Waals surface area contributed by atoms with E-state index in [-0.39, 0.29) is 18.5 Å². The van der Waals surface area contributed by atoms with Crippen LogP contribution < -0.4 is 5.73 Å². The van der Waals surface area contributed by atoms with Gasteiger partial charge in [0.05, 0.1) is 6.04 Å². The minimum atomic E-state index is -4.49. The molecule has 0 aliphatic carbocycles. The van der Waals surface area contributed by atoms with Crippen LogP contribution in [0.5, 0.6) is 0 Å². The van der Waals surface area contributed by atoms with Crippen molar-refractivity contribution >= 4 is 11.8 Å². The molecule has 0 bridgehead atoms. The van der Waals surface area contributed by atoms with E-state index in [9.17, 15) is 27.2 Å². The van der Waals surface area contributed by atoms with Crippen LogP contribution in [-0.2, 0) is 9.59 Å². The van der Waals surface area contributed by atoms with Gasteiger partial charge in [0.25, 0.3) is 0 Å². The molecule has 1 saturated heterocycles. The molecule has 1 fully saturated rings. The molecule has 1 heterocycles. The summed E-state index contributed by atoms with van der Waals surface area (Å²) in [5, 5.41) is 0. The van der Waals surface area contributed by atoms with Gasteiger partial charge in [0, 0.05) is 6.54 Å². The van der Waals surface area contributed by atoms with E-state index in [1.165, 1.54) is 30.1 Å². The lowest BCUT2D eigenvalue weighted by molar-refractivity contribution is -0.159. The zero-order chi connectivity index (χ0) is 18.1. The fourth-order valence-corrected chi connectivity index (χ4v) is 2.93. The van der Waals surface area contributed by atoms with Gasteiger partial charge >= 0.3 is 6.18 Å². The average molecular weight is 347 g/mol. The van der Waals surface area contributed by atoms with Gasteiger partial charge in [0.2, 0.25) is 11.8 Å². The minimum Gasteiger partial charge on any atom is -0.368 e. The third-order valence-corrected chi connectivity index (χ3v) is 3.97. The van der Waals surface area contributed by atoms with Crippen molar-refractivity contribution in [1.82, 2.24) is 9.80 Å². The molecule has 5 nitrogen and oxygen atoms in total. The van der Waals surface area contributed by atoms with Crippen LogP contribution in [0, 0.1) is 5.82 Å². The number of amides is 2. The normalized spacial score (nSPS) is 19.8. The first-order valence-electron chi connectivity index (χ1n) is 7.22. The fraction of sp³-hybridized carbons (Fsp3) is 0.467. The quantitative estimate of drug-likeness (QED) is 0.820. The van der Waals surface area contributed by atoms with Crippen molar-refractivity contribution in [1.29, 1.82) is 0 Å². The highest BCUT2D eigenvalue weighted by Crippen LogP contribution is 2.28. The second-order valence-electron chi connectivity index (χ2n) is 5.70. The molecule has 1 aromatic rings. The summed E-state index contributed by atoms with van der Waals surface area (Å²) < 4.78 is 50.8. The number of alkyl halides is 3. The number of likely N-dealkylation sites (tertiary alicyclic amines) is 1. The van der Waals surface area contributed by atoms with E-state index >= 15 is 0 Å². The van der Waals surface area contributed by atoms with Gasteiger partial charge in [0.1, 0.15) is 18.4 Å². The molecule has 24 heavy (non-hydrogen) atoms. The summed E-state index contributed by atoms with van der Waals surface area (Å²) in [6.45, 7) is -1.40. The Hall–Kier alpha value is -2.16. The fourth-order valence-electron chi connectivity index (χ4n) is 2.93. The van der Waals surface area contributed by atoms with Gasteiger partial charge in [-0.25, -0.2) is 4.39 Å². The van der Waals surface area contributed by atoms with E-state index in [0.29, 0.717) is 4.90 Å². The van der Waals surface area contributed by atoms with Crippen LogP contribution in [0.1, 0.15) is 18.0 Å². The number of halogens is 4. The summed E-state index contributed by atoms with van der Waals surface area (Å²) in [6.07, 6.45) is -4.36. The average Bonchev–Trinajstić information content (AvgIpc) is 2.78. The molecule has 1 aromatic carbocycles. The summed E-state index contributed by atoms with van der Waals surface area (Å²) in [6, 6.07) is 3.13. The molecule has 0 aromatic heterocycles. The maximum absolute atomic E-state index is 13.4. The first kappa shape index (κ1) is 18.2. The van der Waals surface area contributed by atoms with E-state index in [2.05, 4.69) is 0 Å². The van der Waals surface area contributed by atoms with Gasteiger partial charge in [-0.3, -0.25) is 14.5 Å². The number of nitrogens with zero attached hydrogens (tertiary/aromatic N) is 2. The summed E-state index contributed by atoms with van der Waals surface area (Å²) in [7, 11) is 1.42. The maximum Gasteiger partial charge on any atom is 0.406 e. The maximum atomic E-state index is 13.4. The lowest BCUT2D eigenvalue weighted by Crippen LogP contribution is -2.46. The number of likely N-dealkylation sites (N-methyl/N-ethyl adjacent to an activating group) is 1. The Bertz CT molecular complexity index is 635. The van der Waals surface area contributed by atoms with Crippen LogP contribution in [-0.4, -0.2) is 54.0 Å². The smallest absolute Gasteiger partial charge is 0.368 e. The zero-order valence-corrected chi connectivity index (χ0v) is 12.9. The Morgan fingerprint density at radius 2 is 2.12 bits per heavy atom. The third kappa shape index (κ3) is 4.02. The predicted octanol–water partition coefficient (Wildman–Crippen LogP) is 1.45. The minimum absolute atomic E-state index is 0.0675. The summed E-state index contributed by atoms with van der Waals surface area (Å²) in [5.74, 6) is -2.12. The van der Waals surface area contributed by atoms with E-state index < -0.39 is 42.4 Å². The lowest BCUT2D eigenvalue weighted by atomic mass is 10.0. The predicted molar refractivity (Wildman–Crippen MR) is 77.1 cm³/mol.